The summed E-state index contributed by atoms with van der Waals surface area (Å²) >= 11 is 0. The summed E-state index contributed by atoms with van der Waals surface area (Å²) in [5.74, 6) is -3.24. The molecule has 2 aromatic carbocycles. The first kappa shape index (κ1) is 40.0. The third-order valence-electron chi connectivity index (χ3n) is 8.75. The number of methoxy groups -OCH3 is 4. The topological polar surface area (TPSA) is 257 Å². The van der Waals surface area contributed by atoms with Gasteiger partial charge in [-0.2, -0.15) is 0 Å². The molecule has 2 aliphatic rings. The fraction of sp³-hybridized carbons (Fsp3) is 0.515. The second kappa shape index (κ2) is 17.6. The SMILES string of the molecule is COC(=O)[C@@H]1C[C@@H](O)CN1C(=O)c1cc(OC)c(OCCCCCOc2cc([N+](=O)[O-])c(C(=O)N3C[C@H](O)C[C@H]3C(=O)OC)cc2OC)cc1[N+](=O)[O-]. The molecule has 2 heterocycles. The van der Waals surface area contributed by atoms with Gasteiger partial charge in [-0.05, 0) is 19.3 Å². The van der Waals surface area contributed by atoms with Crippen LogP contribution in [0.2, 0.25) is 0 Å². The fourth-order valence-electron chi connectivity index (χ4n) is 6.14. The summed E-state index contributed by atoms with van der Waals surface area (Å²) in [6, 6.07) is 2.13. The van der Waals surface area contributed by atoms with Crippen LogP contribution in [-0.4, -0.2) is 133 Å². The number of ether oxygens (including phenoxy) is 6. The van der Waals surface area contributed by atoms with Crippen LogP contribution in [0.1, 0.15) is 52.8 Å². The van der Waals surface area contributed by atoms with E-state index in [0.29, 0.717) is 19.3 Å². The smallest absolute Gasteiger partial charge is 0.328 e. The first-order valence-electron chi connectivity index (χ1n) is 16.4. The highest BCUT2D eigenvalue weighted by Gasteiger charge is 2.43. The first-order chi connectivity index (χ1) is 25.3. The lowest BCUT2D eigenvalue weighted by atomic mass is 10.1. The Kier molecular flexibility index (Phi) is 13.3. The van der Waals surface area contributed by atoms with E-state index in [9.17, 15) is 49.6 Å². The zero-order valence-electron chi connectivity index (χ0n) is 29.4. The van der Waals surface area contributed by atoms with Gasteiger partial charge in [-0.3, -0.25) is 29.8 Å². The van der Waals surface area contributed by atoms with Gasteiger partial charge < -0.3 is 48.4 Å². The Bertz CT molecular complexity index is 1610. The second-order valence-electron chi connectivity index (χ2n) is 12.1. The van der Waals surface area contributed by atoms with E-state index in [1.54, 1.807) is 0 Å². The average molecular weight is 749 g/mol. The van der Waals surface area contributed by atoms with Crippen molar-refractivity contribution in [3.05, 3.63) is 55.6 Å². The number of amides is 2. The van der Waals surface area contributed by atoms with Gasteiger partial charge in [0.2, 0.25) is 0 Å². The van der Waals surface area contributed by atoms with E-state index in [1.807, 2.05) is 0 Å². The molecule has 0 unspecified atom stereocenters. The number of nitro benzene ring substituents is 2. The fourth-order valence-corrected chi connectivity index (χ4v) is 6.14. The number of nitro groups is 2. The monoisotopic (exact) mass is 748 g/mol. The molecule has 20 nitrogen and oxygen atoms in total. The minimum Gasteiger partial charge on any atom is -0.493 e. The van der Waals surface area contributed by atoms with Crippen molar-refractivity contribution in [3.8, 4) is 23.0 Å². The Hall–Kier alpha value is -5.76. The number of esters is 2. The van der Waals surface area contributed by atoms with E-state index < -0.39 is 69.3 Å². The van der Waals surface area contributed by atoms with Crippen molar-refractivity contribution in [2.45, 2.75) is 56.4 Å². The second-order valence-corrected chi connectivity index (χ2v) is 12.1. The summed E-state index contributed by atoms with van der Waals surface area (Å²) in [4.78, 5) is 75.5. The highest BCUT2D eigenvalue weighted by molar-refractivity contribution is 6.02. The van der Waals surface area contributed by atoms with Crippen molar-refractivity contribution in [2.24, 2.45) is 0 Å². The van der Waals surface area contributed by atoms with Crippen LogP contribution < -0.4 is 18.9 Å². The summed E-state index contributed by atoms with van der Waals surface area (Å²) in [5, 5.41) is 44.1. The molecule has 288 valence electrons. The molecule has 0 bridgehead atoms. The Morgan fingerprint density at radius 1 is 0.660 bits per heavy atom. The molecule has 2 aromatic rings. The molecule has 0 aliphatic carbocycles. The zero-order chi connectivity index (χ0) is 39.0. The minimum atomic E-state index is -1.12. The van der Waals surface area contributed by atoms with E-state index in [1.165, 1.54) is 14.2 Å². The van der Waals surface area contributed by atoms with E-state index in [0.717, 1.165) is 48.3 Å². The van der Waals surface area contributed by atoms with Gasteiger partial charge in [0.15, 0.2) is 23.0 Å². The van der Waals surface area contributed by atoms with Gasteiger partial charge in [-0.1, -0.05) is 0 Å². The van der Waals surface area contributed by atoms with Crippen LogP contribution in [0.25, 0.3) is 0 Å². The van der Waals surface area contributed by atoms with Gasteiger partial charge in [-0.25, -0.2) is 9.59 Å². The molecule has 53 heavy (non-hydrogen) atoms. The number of hydrogen-bond donors (Lipinski definition) is 2. The van der Waals surface area contributed by atoms with Crippen molar-refractivity contribution < 1.29 is 67.7 Å². The van der Waals surface area contributed by atoms with Crippen LogP contribution in [0.5, 0.6) is 23.0 Å². The van der Waals surface area contributed by atoms with Crippen molar-refractivity contribution in [2.75, 3.05) is 54.7 Å². The van der Waals surface area contributed by atoms with E-state index in [-0.39, 0.29) is 73.3 Å². The maximum atomic E-state index is 13.4. The number of likely N-dealkylation sites (tertiary alicyclic amines) is 2. The number of aliphatic hydroxyl groups is 2. The Morgan fingerprint density at radius 2 is 1.04 bits per heavy atom. The summed E-state index contributed by atoms with van der Waals surface area (Å²) in [6.07, 6.45) is -0.825. The predicted octanol–water partition coefficient (Wildman–Crippen LogP) is 1.65. The third kappa shape index (κ3) is 9.01. The molecular formula is C33H40N4O16. The Labute approximate surface area is 302 Å². The number of rotatable bonds is 16. The van der Waals surface area contributed by atoms with Gasteiger partial charge in [0.05, 0.1) is 75.8 Å². The molecule has 4 rings (SSSR count). The lowest BCUT2D eigenvalue weighted by Crippen LogP contribution is -2.41. The van der Waals surface area contributed by atoms with Gasteiger partial charge in [0.1, 0.15) is 23.2 Å². The quantitative estimate of drug-likeness (QED) is 0.107. The third-order valence-corrected chi connectivity index (χ3v) is 8.75. The summed E-state index contributed by atoms with van der Waals surface area (Å²) in [7, 11) is 4.83. The van der Waals surface area contributed by atoms with Crippen LogP contribution >= 0.6 is 0 Å². The van der Waals surface area contributed by atoms with Gasteiger partial charge in [0.25, 0.3) is 23.2 Å². The molecule has 2 fully saturated rings. The molecule has 0 spiro atoms. The largest absolute Gasteiger partial charge is 0.493 e. The van der Waals surface area contributed by atoms with Gasteiger partial charge >= 0.3 is 11.9 Å². The highest BCUT2D eigenvalue weighted by atomic mass is 16.6. The zero-order valence-corrected chi connectivity index (χ0v) is 29.4. The molecule has 2 N–H and O–H groups in total. The minimum absolute atomic E-state index is 0.00833. The van der Waals surface area contributed by atoms with Crippen molar-refractivity contribution in [1.29, 1.82) is 0 Å². The molecular weight excluding hydrogens is 708 g/mol. The van der Waals surface area contributed by atoms with E-state index in [4.69, 9.17) is 28.4 Å². The van der Waals surface area contributed by atoms with Crippen LogP contribution in [0.4, 0.5) is 11.4 Å². The lowest BCUT2D eigenvalue weighted by molar-refractivity contribution is -0.385. The normalized spacial score (nSPS) is 19.4. The first-order valence-corrected chi connectivity index (χ1v) is 16.4. The summed E-state index contributed by atoms with van der Waals surface area (Å²) < 4.78 is 31.6. The van der Waals surface area contributed by atoms with Crippen molar-refractivity contribution in [1.82, 2.24) is 9.80 Å². The number of carbonyl (C=O) groups is 4. The number of benzene rings is 2. The van der Waals surface area contributed by atoms with Gasteiger partial charge in [-0.15, -0.1) is 0 Å². The maximum absolute atomic E-state index is 13.4. The Balaban J connectivity index is 1.37. The lowest BCUT2D eigenvalue weighted by Gasteiger charge is -2.23. The molecule has 0 aromatic heterocycles. The number of unbranched alkanes of at least 4 members (excludes halogenated alkanes) is 2. The van der Waals surface area contributed by atoms with E-state index >= 15 is 0 Å². The molecule has 0 radical (unpaired) electrons. The number of nitrogens with zero attached hydrogens (tertiary/aromatic N) is 4. The van der Waals surface area contributed by atoms with Crippen molar-refractivity contribution >= 4 is 35.1 Å². The number of carbonyl (C=O) groups excluding carboxylic acids is 4. The molecule has 20 heteroatoms. The van der Waals surface area contributed by atoms with Crippen molar-refractivity contribution in [3.63, 3.8) is 0 Å². The summed E-state index contributed by atoms with van der Waals surface area (Å²) in [6.45, 7) is -0.296. The molecule has 0 saturated carbocycles. The van der Waals surface area contributed by atoms with Crippen LogP contribution in [-0.2, 0) is 19.1 Å². The average Bonchev–Trinajstić information content (AvgIpc) is 3.74. The number of β-amino-alcohol motifs (C(OH)–C–C–N with tert-alkyl or cyclic N) is 2. The Morgan fingerprint density at radius 3 is 1.36 bits per heavy atom. The highest BCUT2D eigenvalue weighted by Crippen LogP contribution is 2.38. The van der Waals surface area contributed by atoms with Crippen LogP contribution in [0.15, 0.2) is 24.3 Å². The maximum Gasteiger partial charge on any atom is 0.328 e. The summed E-state index contributed by atoms with van der Waals surface area (Å²) in [5.41, 5.74) is -1.93. The molecule has 4 atom stereocenters. The number of hydrogen-bond acceptors (Lipinski definition) is 16. The van der Waals surface area contributed by atoms with Gasteiger partial charge in [0, 0.05) is 38.1 Å². The molecule has 2 aliphatic heterocycles. The van der Waals surface area contributed by atoms with E-state index in [2.05, 4.69) is 0 Å². The van der Waals surface area contributed by atoms with Crippen LogP contribution in [0.3, 0.4) is 0 Å². The molecule has 2 saturated heterocycles. The predicted molar refractivity (Wildman–Crippen MR) is 179 cm³/mol. The molecule has 2 amide bonds. The van der Waals surface area contributed by atoms with Crippen LogP contribution in [0, 0.1) is 20.2 Å². The standard InChI is InChI=1S/C33H40N4O16/c1-48-26-12-20(30(40)34-16-18(38)10-24(34)32(42)50-3)22(36(44)45)14-28(26)52-8-6-5-7-9-53-29-15-23(37(46)47)21(13-27(29)49-2)31(41)35-17-19(39)11-25(35)33(43)51-4/h12-15,18-19,24-25,38-39H,5-11,16-17H2,1-4H3/t18-,19-,24+,25+/m1/s1. The number of aliphatic hydroxyl groups excluding tert-OH is 2.